The van der Waals surface area contributed by atoms with Crippen LogP contribution in [0.5, 0.6) is 5.75 Å². The molecule has 1 N–H and O–H groups in total. The van der Waals surface area contributed by atoms with Crippen molar-refractivity contribution < 1.29 is 13.9 Å². The maximum Gasteiger partial charge on any atom is 0.254 e. The molecule has 0 unspecified atom stereocenters. The number of amides is 1. The third kappa shape index (κ3) is 4.41. The molecule has 0 aliphatic carbocycles. The molecule has 98 valence electrons. The van der Waals surface area contributed by atoms with Crippen LogP contribution in [0.3, 0.4) is 0 Å². The number of methoxy groups -OCH3 is 1. The van der Waals surface area contributed by atoms with Crippen molar-refractivity contribution >= 4 is 17.7 Å². The molecule has 0 aromatic heterocycles. The van der Waals surface area contributed by atoms with Crippen molar-refractivity contribution in [3.05, 3.63) is 42.2 Å². The Hall–Kier alpha value is -1.49. The minimum absolute atomic E-state index is 0.0320. The summed E-state index contributed by atoms with van der Waals surface area (Å²) in [5.74, 6) is 1.02. The van der Waals surface area contributed by atoms with Gasteiger partial charge in [0, 0.05) is 24.1 Å². The second-order valence-corrected chi connectivity index (χ2v) is 4.62. The van der Waals surface area contributed by atoms with Crippen LogP contribution in [0.15, 0.2) is 30.9 Å². The monoisotopic (exact) mass is 269 g/mol. The molecular weight excluding hydrogens is 253 g/mol. The zero-order valence-corrected chi connectivity index (χ0v) is 11.1. The number of rotatable bonds is 7. The number of carbonyl (C=O) groups excluding carboxylic acids is 1. The van der Waals surface area contributed by atoms with E-state index in [-0.39, 0.29) is 5.56 Å². The molecule has 0 saturated carbocycles. The van der Waals surface area contributed by atoms with E-state index in [4.69, 9.17) is 4.74 Å². The van der Waals surface area contributed by atoms with Gasteiger partial charge in [0.1, 0.15) is 11.6 Å². The Kier molecular flexibility index (Phi) is 6.28. The fourth-order valence-electron chi connectivity index (χ4n) is 1.31. The number of carbonyl (C=O) groups is 1. The van der Waals surface area contributed by atoms with E-state index in [1.165, 1.54) is 19.2 Å². The van der Waals surface area contributed by atoms with Crippen LogP contribution in [-0.4, -0.2) is 31.1 Å². The van der Waals surface area contributed by atoms with Crippen LogP contribution in [0.1, 0.15) is 10.4 Å². The highest BCUT2D eigenvalue weighted by molar-refractivity contribution is 7.99. The summed E-state index contributed by atoms with van der Waals surface area (Å²) in [7, 11) is 1.45. The number of ether oxygens (including phenoxy) is 1. The Labute approximate surface area is 110 Å². The summed E-state index contributed by atoms with van der Waals surface area (Å²) >= 11 is 1.65. The number of hydrogen-bond acceptors (Lipinski definition) is 3. The Morgan fingerprint density at radius 3 is 3.00 bits per heavy atom. The van der Waals surface area contributed by atoms with Gasteiger partial charge in [-0.1, -0.05) is 6.08 Å². The van der Waals surface area contributed by atoms with Crippen LogP contribution < -0.4 is 10.1 Å². The lowest BCUT2D eigenvalue weighted by atomic mass is 10.2. The first kappa shape index (κ1) is 14.6. The molecule has 0 saturated heterocycles. The van der Waals surface area contributed by atoms with E-state index in [1.807, 2.05) is 0 Å². The number of thioether (sulfide) groups is 1. The first-order chi connectivity index (χ1) is 8.69. The molecule has 0 spiro atoms. The molecule has 0 radical (unpaired) electrons. The second kappa shape index (κ2) is 7.76. The molecule has 0 aliphatic rings. The highest BCUT2D eigenvalue weighted by atomic mass is 32.2. The first-order valence-corrected chi connectivity index (χ1v) is 6.65. The zero-order valence-electron chi connectivity index (χ0n) is 10.2. The van der Waals surface area contributed by atoms with Crippen LogP contribution in [0.25, 0.3) is 0 Å². The van der Waals surface area contributed by atoms with E-state index >= 15 is 0 Å². The maximum atomic E-state index is 13.6. The van der Waals surface area contributed by atoms with Crippen molar-refractivity contribution in [1.29, 1.82) is 0 Å². The highest BCUT2D eigenvalue weighted by Gasteiger charge is 2.11. The summed E-state index contributed by atoms with van der Waals surface area (Å²) in [6, 6.07) is 4.17. The number of nitrogens with one attached hydrogen (secondary N) is 1. The molecule has 5 heteroatoms. The molecule has 18 heavy (non-hydrogen) atoms. The number of hydrogen-bond donors (Lipinski definition) is 1. The summed E-state index contributed by atoms with van der Waals surface area (Å²) in [5.41, 5.74) is 0.0320. The Morgan fingerprint density at radius 2 is 2.39 bits per heavy atom. The Bertz CT molecular complexity index is 423. The number of benzene rings is 1. The van der Waals surface area contributed by atoms with Gasteiger partial charge < -0.3 is 10.1 Å². The van der Waals surface area contributed by atoms with E-state index in [0.717, 1.165) is 11.5 Å². The third-order valence-corrected chi connectivity index (χ3v) is 3.15. The van der Waals surface area contributed by atoms with Gasteiger partial charge in [-0.15, -0.1) is 6.58 Å². The normalized spacial score (nSPS) is 9.89. The van der Waals surface area contributed by atoms with E-state index in [1.54, 1.807) is 23.9 Å². The molecular formula is C13H16FNO2S. The Balaban J connectivity index is 2.48. The van der Waals surface area contributed by atoms with Crippen molar-refractivity contribution in [2.45, 2.75) is 0 Å². The smallest absolute Gasteiger partial charge is 0.254 e. The highest BCUT2D eigenvalue weighted by Crippen LogP contribution is 2.16. The predicted molar refractivity (Wildman–Crippen MR) is 72.8 cm³/mol. The summed E-state index contributed by atoms with van der Waals surface area (Å²) in [5, 5.41) is 2.66. The van der Waals surface area contributed by atoms with E-state index in [2.05, 4.69) is 11.9 Å². The molecule has 0 heterocycles. The maximum absolute atomic E-state index is 13.6. The van der Waals surface area contributed by atoms with Gasteiger partial charge in [0.15, 0.2) is 0 Å². The van der Waals surface area contributed by atoms with Gasteiger partial charge in [-0.3, -0.25) is 4.79 Å². The molecule has 0 aliphatic heterocycles. The summed E-state index contributed by atoms with van der Waals surface area (Å²) in [4.78, 5) is 11.7. The van der Waals surface area contributed by atoms with Gasteiger partial charge in [0.25, 0.3) is 5.91 Å². The van der Waals surface area contributed by atoms with Crippen molar-refractivity contribution in [1.82, 2.24) is 5.32 Å². The topological polar surface area (TPSA) is 38.3 Å². The summed E-state index contributed by atoms with van der Waals surface area (Å²) in [6.45, 7) is 4.10. The quantitative estimate of drug-likeness (QED) is 0.610. The molecule has 0 bridgehead atoms. The minimum Gasteiger partial charge on any atom is -0.497 e. The van der Waals surface area contributed by atoms with Gasteiger partial charge in [-0.25, -0.2) is 4.39 Å². The first-order valence-electron chi connectivity index (χ1n) is 5.49. The van der Waals surface area contributed by atoms with Crippen molar-refractivity contribution in [3.63, 3.8) is 0 Å². The van der Waals surface area contributed by atoms with Gasteiger partial charge in [0.2, 0.25) is 0 Å². The van der Waals surface area contributed by atoms with E-state index in [0.29, 0.717) is 12.3 Å². The van der Waals surface area contributed by atoms with E-state index in [9.17, 15) is 9.18 Å². The largest absolute Gasteiger partial charge is 0.497 e. The predicted octanol–water partition coefficient (Wildman–Crippen LogP) is 2.48. The van der Waals surface area contributed by atoms with Gasteiger partial charge in [-0.2, -0.15) is 11.8 Å². The standard InChI is InChI=1S/C13H16FNO2S/c1-3-7-18-8-6-15-13(16)11-5-4-10(17-2)9-12(11)14/h3-5,9H,1,6-8H2,2H3,(H,15,16). The molecule has 1 amide bonds. The van der Waals surface area contributed by atoms with Crippen LogP contribution in [0.2, 0.25) is 0 Å². The van der Waals surface area contributed by atoms with Crippen LogP contribution in [-0.2, 0) is 0 Å². The summed E-state index contributed by atoms with van der Waals surface area (Å²) < 4.78 is 18.4. The molecule has 0 atom stereocenters. The number of halogens is 1. The molecule has 0 fully saturated rings. The molecule has 3 nitrogen and oxygen atoms in total. The van der Waals surface area contributed by atoms with E-state index < -0.39 is 11.7 Å². The third-order valence-electron chi connectivity index (χ3n) is 2.19. The summed E-state index contributed by atoms with van der Waals surface area (Å²) in [6.07, 6.45) is 1.80. The van der Waals surface area contributed by atoms with Crippen molar-refractivity contribution in [2.75, 3.05) is 25.2 Å². The van der Waals surface area contributed by atoms with Gasteiger partial charge >= 0.3 is 0 Å². The van der Waals surface area contributed by atoms with Crippen LogP contribution in [0, 0.1) is 5.82 Å². The van der Waals surface area contributed by atoms with Crippen molar-refractivity contribution in [2.24, 2.45) is 0 Å². The molecule has 1 aromatic rings. The molecule has 1 rings (SSSR count). The van der Waals surface area contributed by atoms with Crippen LogP contribution in [0.4, 0.5) is 4.39 Å². The van der Waals surface area contributed by atoms with Gasteiger partial charge in [-0.05, 0) is 12.1 Å². The fraction of sp³-hybridized carbons (Fsp3) is 0.308. The Morgan fingerprint density at radius 1 is 1.61 bits per heavy atom. The minimum atomic E-state index is -0.578. The van der Waals surface area contributed by atoms with Crippen LogP contribution >= 0.6 is 11.8 Å². The SMILES string of the molecule is C=CCSCCNC(=O)c1ccc(OC)cc1F. The van der Waals surface area contributed by atoms with Crippen molar-refractivity contribution in [3.8, 4) is 5.75 Å². The lowest BCUT2D eigenvalue weighted by Gasteiger charge is -2.07. The lowest BCUT2D eigenvalue weighted by molar-refractivity contribution is 0.0952. The zero-order chi connectivity index (χ0) is 13.4. The lowest BCUT2D eigenvalue weighted by Crippen LogP contribution is -2.26. The average Bonchev–Trinajstić information content (AvgIpc) is 2.38. The fourth-order valence-corrected chi connectivity index (χ4v) is 1.89. The van der Waals surface area contributed by atoms with Gasteiger partial charge in [0.05, 0.1) is 12.7 Å². The average molecular weight is 269 g/mol. The second-order valence-electron chi connectivity index (χ2n) is 3.47. The molecule has 1 aromatic carbocycles.